The van der Waals surface area contributed by atoms with Crippen LogP contribution in [0.2, 0.25) is 0 Å². The summed E-state index contributed by atoms with van der Waals surface area (Å²) in [5, 5.41) is 0. The fourth-order valence-electron chi connectivity index (χ4n) is 3.10. The first kappa shape index (κ1) is 48.6. The number of benzene rings is 3. The van der Waals surface area contributed by atoms with Gasteiger partial charge in [0.1, 0.15) is 5.82 Å². The Bertz CT molecular complexity index is 1390. The van der Waals surface area contributed by atoms with Crippen molar-refractivity contribution in [3.63, 3.8) is 0 Å². The van der Waals surface area contributed by atoms with Crippen molar-refractivity contribution in [1.29, 1.82) is 0 Å². The number of halogens is 2. The number of hydrogen-bond donors (Lipinski definition) is 3. The number of ether oxygens (including phenoxy) is 3. The average molecular weight is 818 g/mol. The minimum Gasteiger partial charge on any atom is -0.796 e. The van der Waals surface area contributed by atoms with Crippen molar-refractivity contribution < 1.29 is 62.5 Å². The van der Waals surface area contributed by atoms with Crippen molar-refractivity contribution in [2.45, 2.75) is 38.0 Å². The molecule has 0 heterocycles. The van der Waals surface area contributed by atoms with Gasteiger partial charge in [-0.15, -0.1) is 23.5 Å². The molecule has 250 valence electrons. The normalized spacial score (nSPS) is 9.15. The minimum atomic E-state index is -0.667. The molecule has 0 spiro atoms. The quantitative estimate of drug-likeness (QED) is 0.0564. The van der Waals surface area contributed by atoms with Crippen molar-refractivity contribution in [3.8, 4) is 0 Å². The van der Waals surface area contributed by atoms with Gasteiger partial charge in [0.25, 0.3) is 0 Å². The van der Waals surface area contributed by atoms with Gasteiger partial charge in [0.15, 0.2) is 0 Å². The van der Waals surface area contributed by atoms with Gasteiger partial charge in [0.05, 0.1) is 36.5 Å². The number of esters is 3. The first-order valence-corrected chi connectivity index (χ1v) is 17.3. The van der Waals surface area contributed by atoms with E-state index in [1.165, 1.54) is 35.7 Å². The van der Waals surface area contributed by atoms with E-state index in [9.17, 15) is 18.8 Å². The largest absolute Gasteiger partial charge is 1.00 e. The van der Waals surface area contributed by atoms with E-state index in [1.54, 1.807) is 57.4 Å². The van der Waals surface area contributed by atoms with E-state index in [-0.39, 0.29) is 66.8 Å². The number of nitrogen functional groups attached to an aromatic ring is 3. The zero-order valence-electron chi connectivity index (χ0n) is 26.4. The molecule has 0 bridgehead atoms. The summed E-state index contributed by atoms with van der Waals surface area (Å²) >= 11 is 9.16. The smallest absolute Gasteiger partial charge is 0.796 e. The molecule has 0 aliphatic carbocycles. The van der Waals surface area contributed by atoms with Crippen LogP contribution in [0.4, 0.5) is 21.5 Å². The fraction of sp³-hybridized carbons (Fsp3) is 0.323. The van der Waals surface area contributed by atoms with Crippen LogP contribution >= 0.6 is 46.1 Å². The molecule has 0 saturated carbocycles. The summed E-state index contributed by atoms with van der Waals surface area (Å²) < 4.78 is 28.4. The van der Waals surface area contributed by atoms with Crippen molar-refractivity contribution in [2.75, 3.05) is 55.8 Å². The van der Waals surface area contributed by atoms with Crippen molar-refractivity contribution in [3.05, 3.63) is 74.6 Å². The van der Waals surface area contributed by atoms with Crippen LogP contribution in [0, 0.1) is 9.39 Å². The molecular formula is C31H42FIN3NaO6S3. The van der Waals surface area contributed by atoms with Gasteiger partial charge in [-0.25, -0.2) is 18.8 Å². The summed E-state index contributed by atoms with van der Waals surface area (Å²) in [4.78, 5) is 35.8. The third-order valence-corrected chi connectivity index (χ3v) is 7.51. The SMILES string of the molecule is C.CCOC(=O)c1cc(I)c(N)cc1SC.CCOC(=O)c1ccc(N)cc1F.CCOC(=O)c1ccc(N)cc1SC.C[S-].[Na+]. The minimum absolute atomic E-state index is 0. The molecule has 0 radical (unpaired) electrons. The van der Waals surface area contributed by atoms with Gasteiger partial charge in [0.2, 0.25) is 0 Å². The Morgan fingerprint density at radius 2 is 1.11 bits per heavy atom. The number of anilines is 3. The van der Waals surface area contributed by atoms with Crippen LogP contribution in [0.3, 0.4) is 0 Å². The predicted octanol–water partition coefficient (Wildman–Crippen LogP) is 4.33. The van der Waals surface area contributed by atoms with Crippen LogP contribution in [0.1, 0.15) is 59.3 Å². The average Bonchev–Trinajstić information content (AvgIpc) is 3.00. The van der Waals surface area contributed by atoms with Gasteiger partial charge < -0.3 is 44.0 Å². The van der Waals surface area contributed by atoms with Crippen LogP contribution in [-0.4, -0.2) is 56.5 Å². The Hall–Kier alpha value is -1.82. The summed E-state index contributed by atoms with van der Waals surface area (Å²) in [6, 6.07) is 12.6. The molecule has 3 rings (SSSR count). The topological polar surface area (TPSA) is 157 Å². The van der Waals surface area contributed by atoms with Crippen LogP contribution in [0.5, 0.6) is 0 Å². The van der Waals surface area contributed by atoms with Crippen molar-refractivity contribution >= 4 is 93.7 Å². The maximum Gasteiger partial charge on any atom is 1.00 e. The fourth-order valence-corrected chi connectivity index (χ4v) is 4.80. The number of hydrogen-bond acceptors (Lipinski definition) is 12. The first-order chi connectivity index (χ1) is 20.9. The van der Waals surface area contributed by atoms with Crippen molar-refractivity contribution in [2.24, 2.45) is 0 Å². The van der Waals surface area contributed by atoms with Gasteiger partial charge in [-0.2, -0.15) is 6.26 Å². The predicted molar refractivity (Wildman–Crippen MR) is 197 cm³/mol. The summed E-state index contributed by atoms with van der Waals surface area (Å²) in [6.45, 7) is 6.23. The van der Waals surface area contributed by atoms with E-state index >= 15 is 0 Å². The van der Waals surface area contributed by atoms with Crippen molar-refractivity contribution in [1.82, 2.24) is 0 Å². The summed E-state index contributed by atoms with van der Waals surface area (Å²) in [7, 11) is 0. The molecule has 3 aromatic rings. The molecule has 6 N–H and O–H groups in total. The van der Waals surface area contributed by atoms with Gasteiger partial charge >= 0.3 is 47.5 Å². The molecule has 46 heavy (non-hydrogen) atoms. The Kier molecular flexibility index (Phi) is 28.7. The Balaban J connectivity index is -0.000000575. The molecule has 0 aromatic heterocycles. The molecule has 0 amide bonds. The number of carbonyl (C=O) groups excluding carboxylic acids is 3. The van der Waals surface area contributed by atoms with Gasteiger partial charge in [-0.05, 0) is 104 Å². The van der Waals surface area contributed by atoms with Crippen LogP contribution in [0.25, 0.3) is 0 Å². The third-order valence-electron chi connectivity index (χ3n) is 5.02. The Morgan fingerprint density at radius 3 is 1.54 bits per heavy atom. The van der Waals surface area contributed by atoms with E-state index in [0.29, 0.717) is 35.7 Å². The number of nitrogens with two attached hydrogens (primary N) is 3. The molecule has 15 heteroatoms. The zero-order valence-corrected chi connectivity index (χ0v) is 33.0. The molecule has 0 atom stereocenters. The number of thioether (sulfide) groups is 2. The van der Waals surface area contributed by atoms with E-state index in [1.807, 2.05) is 12.5 Å². The number of carbonyl (C=O) groups is 3. The molecule has 9 nitrogen and oxygen atoms in total. The van der Waals surface area contributed by atoms with Gasteiger partial charge in [-0.3, -0.25) is 0 Å². The second-order valence-electron chi connectivity index (χ2n) is 7.93. The van der Waals surface area contributed by atoms with Crippen LogP contribution < -0.4 is 46.8 Å². The summed E-state index contributed by atoms with van der Waals surface area (Å²) in [5.41, 5.74) is 19.4. The van der Waals surface area contributed by atoms with E-state index in [4.69, 9.17) is 26.7 Å². The standard InChI is InChI=1S/C10H12INO2S.C10H13NO2S.C9H10FNO2.CH4S.CH4.Na/c1-3-14-10(13)6-4-7(11)8(12)5-9(6)15-2;1-3-13-10(12)8-5-4-7(11)6-9(8)14-2;1-2-13-9(12)7-4-3-6(11)5-8(7)10;1-2;;/h4-5H,3,12H2,1-2H3;4-6H,3,11H2,1-2H3;3-5H,2,11H2,1H3;2H,1H3;1H4;/q;;;;;+1/p-1. The summed E-state index contributed by atoms with van der Waals surface area (Å²) in [6.07, 6.45) is 5.39. The zero-order chi connectivity index (χ0) is 33.8. The molecule has 3 aromatic carbocycles. The third kappa shape index (κ3) is 16.8. The van der Waals surface area contributed by atoms with Crippen LogP contribution in [0.15, 0.2) is 58.3 Å². The van der Waals surface area contributed by atoms with E-state index in [0.717, 1.165) is 19.4 Å². The second-order valence-corrected chi connectivity index (χ2v) is 10.8. The molecular weight excluding hydrogens is 775 g/mol. The molecule has 0 aliphatic heterocycles. The number of rotatable bonds is 8. The molecule has 0 fully saturated rings. The van der Waals surface area contributed by atoms with Crippen LogP contribution in [-0.2, 0) is 26.8 Å². The molecule has 0 aliphatic rings. The summed E-state index contributed by atoms with van der Waals surface area (Å²) in [5.74, 6) is -1.91. The maximum atomic E-state index is 13.0. The van der Waals surface area contributed by atoms with E-state index in [2.05, 4.69) is 40.0 Å². The molecule has 0 saturated heterocycles. The van der Waals surface area contributed by atoms with E-state index < -0.39 is 11.8 Å². The van der Waals surface area contributed by atoms with Gasteiger partial charge in [-0.1, -0.05) is 7.43 Å². The monoisotopic (exact) mass is 817 g/mol. The molecule has 0 unspecified atom stereocenters. The van der Waals surface area contributed by atoms with Gasteiger partial charge in [0, 0.05) is 30.4 Å². The first-order valence-electron chi connectivity index (χ1n) is 13.0. The Labute approximate surface area is 321 Å². The maximum absolute atomic E-state index is 13.0. The Morgan fingerprint density at radius 1 is 0.717 bits per heavy atom. The second kappa shape index (κ2) is 27.2.